The van der Waals surface area contributed by atoms with Crippen LogP contribution < -0.4 is 14.8 Å². The van der Waals surface area contributed by atoms with E-state index in [0.717, 1.165) is 22.0 Å². The van der Waals surface area contributed by atoms with Crippen LogP contribution in [0.25, 0.3) is 10.9 Å². The third-order valence-electron chi connectivity index (χ3n) is 4.27. The highest BCUT2D eigenvalue weighted by Crippen LogP contribution is 2.27. The molecule has 1 N–H and O–H groups in total. The predicted octanol–water partition coefficient (Wildman–Crippen LogP) is 3.05. The highest BCUT2D eigenvalue weighted by Gasteiger charge is 2.11. The first-order valence-electron chi connectivity index (χ1n) is 8.13. The summed E-state index contributed by atoms with van der Waals surface area (Å²) in [4.78, 5) is 12.3. The number of nitrogens with one attached hydrogen (secondary N) is 1. The van der Waals surface area contributed by atoms with Crippen molar-refractivity contribution in [3.05, 3.63) is 59.8 Å². The summed E-state index contributed by atoms with van der Waals surface area (Å²) in [5, 5.41) is 4.08. The molecule has 0 saturated carbocycles. The molecule has 3 rings (SSSR count). The van der Waals surface area contributed by atoms with E-state index in [1.54, 1.807) is 14.2 Å². The van der Waals surface area contributed by atoms with Crippen molar-refractivity contribution < 1.29 is 14.3 Å². The van der Waals surface area contributed by atoms with Crippen LogP contribution in [0.4, 0.5) is 0 Å². The van der Waals surface area contributed by atoms with Gasteiger partial charge in [-0.2, -0.15) is 0 Å². The summed E-state index contributed by atoms with van der Waals surface area (Å²) in [6.07, 6.45) is 2.37. The van der Waals surface area contributed by atoms with Gasteiger partial charge in [-0.15, -0.1) is 0 Å². The first-order chi connectivity index (χ1) is 12.1. The first-order valence-corrected chi connectivity index (χ1v) is 8.13. The zero-order chi connectivity index (χ0) is 17.8. The van der Waals surface area contributed by atoms with Gasteiger partial charge in [-0.3, -0.25) is 4.79 Å². The third kappa shape index (κ3) is 3.60. The van der Waals surface area contributed by atoms with Crippen molar-refractivity contribution in [2.45, 2.75) is 13.0 Å². The third-order valence-corrected chi connectivity index (χ3v) is 4.27. The summed E-state index contributed by atoms with van der Waals surface area (Å²) in [5.41, 5.74) is 3.12. The van der Waals surface area contributed by atoms with Gasteiger partial charge in [0.2, 0.25) is 5.91 Å². The number of fused-ring (bicyclic) bond motifs is 1. The Labute approximate surface area is 147 Å². The molecule has 1 heterocycles. The Morgan fingerprint density at radius 3 is 2.60 bits per heavy atom. The molecule has 5 heteroatoms. The monoisotopic (exact) mass is 338 g/mol. The molecule has 0 fully saturated rings. The van der Waals surface area contributed by atoms with E-state index < -0.39 is 0 Å². The summed E-state index contributed by atoms with van der Waals surface area (Å²) in [7, 11) is 5.19. The zero-order valence-corrected chi connectivity index (χ0v) is 14.7. The summed E-state index contributed by atoms with van der Waals surface area (Å²) in [6.45, 7) is 0.448. The van der Waals surface area contributed by atoms with Crippen molar-refractivity contribution in [2.75, 3.05) is 14.2 Å². The number of hydrogen-bond acceptors (Lipinski definition) is 3. The normalized spacial score (nSPS) is 10.7. The first kappa shape index (κ1) is 16.9. The van der Waals surface area contributed by atoms with E-state index in [-0.39, 0.29) is 5.91 Å². The van der Waals surface area contributed by atoms with E-state index in [4.69, 9.17) is 9.47 Å². The highest BCUT2D eigenvalue weighted by atomic mass is 16.5. The Kier molecular flexibility index (Phi) is 4.93. The van der Waals surface area contributed by atoms with Gasteiger partial charge in [-0.05, 0) is 29.3 Å². The number of aromatic nitrogens is 1. The lowest BCUT2D eigenvalue weighted by molar-refractivity contribution is -0.120. The Morgan fingerprint density at radius 2 is 1.84 bits per heavy atom. The SMILES string of the molecule is COc1ccc(CNC(=O)Cc2cn(C)c3ccccc23)cc1OC. The standard InChI is InChI=1S/C20H22N2O3/c1-22-13-15(16-6-4-5-7-17(16)22)11-20(23)21-12-14-8-9-18(24-2)19(10-14)25-3/h4-10,13H,11-12H2,1-3H3,(H,21,23). The molecule has 0 unspecified atom stereocenters. The maximum atomic E-state index is 12.3. The maximum absolute atomic E-state index is 12.3. The molecule has 0 radical (unpaired) electrons. The number of hydrogen-bond donors (Lipinski definition) is 1. The number of ether oxygens (including phenoxy) is 2. The molecule has 1 amide bonds. The van der Waals surface area contributed by atoms with Crippen molar-refractivity contribution in [2.24, 2.45) is 7.05 Å². The molecular weight excluding hydrogens is 316 g/mol. The van der Waals surface area contributed by atoms with Crippen molar-refractivity contribution in [3.63, 3.8) is 0 Å². The minimum Gasteiger partial charge on any atom is -0.493 e. The van der Waals surface area contributed by atoms with Gasteiger partial charge in [0.15, 0.2) is 11.5 Å². The Balaban J connectivity index is 1.67. The lowest BCUT2D eigenvalue weighted by Gasteiger charge is -2.10. The molecule has 0 aliphatic carbocycles. The Bertz CT molecular complexity index is 899. The quantitative estimate of drug-likeness (QED) is 0.751. The van der Waals surface area contributed by atoms with E-state index in [9.17, 15) is 4.79 Å². The highest BCUT2D eigenvalue weighted by molar-refractivity contribution is 5.89. The number of para-hydroxylation sites is 1. The van der Waals surface area contributed by atoms with Gasteiger partial charge in [-0.25, -0.2) is 0 Å². The fraction of sp³-hybridized carbons (Fsp3) is 0.250. The summed E-state index contributed by atoms with van der Waals surface area (Å²) in [6, 6.07) is 13.7. The Hall–Kier alpha value is -2.95. The number of aryl methyl sites for hydroxylation is 1. The number of benzene rings is 2. The van der Waals surface area contributed by atoms with Crippen molar-refractivity contribution in [1.82, 2.24) is 9.88 Å². The zero-order valence-electron chi connectivity index (χ0n) is 14.7. The van der Waals surface area contributed by atoms with Crippen molar-refractivity contribution in [3.8, 4) is 11.5 Å². The number of methoxy groups -OCH3 is 2. The van der Waals surface area contributed by atoms with Crippen LogP contribution in [0, 0.1) is 0 Å². The molecule has 0 aliphatic rings. The number of carbonyl (C=O) groups is 1. The Morgan fingerprint density at radius 1 is 1.08 bits per heavy atom. The van der Waals surface area contributed by atoms with E-state index in [1.807, 2.05) is 54.2 Å². The van der Waals surface area contributed by atoms with Gasteiger partial charge in [0.25, 0.3) is 0 Å². The second-order valence-corrected chi connectivity index (χ2v) is 5.93. The van der Waals surface area contributed by atoms with Gasteiger partial charge in [0.05, 0.1) is 20.6 Å². The molecule has 3 aromatic rings. The molecule has 2 aromatic carbocycles. The minimum absolute atomic E-state index is 0.00821. The smallest absolute Gasteiger partial charge is 0.224 e. The molecule has 0 saturated heterocycles. The van der Waals surface area contributed by atoms with E-state index in [1.165, 1.54) is 0 Å². The van der Waals surface area contributed by atoms with Crippen molar-refractivity contribution >= 4 is 16.8 Å². The molecule has 5 nitrogen and oxygen atoms in total. The molecular formula is C20H22N2O3. The van der Waals surface area contributed by atoms with Crippen LogP contribution in [0.5, 0.6) is 11.5 Å². The molecule has 130 valence electrons. The second-order valence-electron chi connectivity index (χ2n) is 5.93. The lowest BCUT2D eigenvalue weighted by atomic mass is 10.1. The van der Waals surface area contributed by atoms with Crippen molar-refractivity contribution in [1.29, 1.82) is 0 Å². The van der Waals surface area contributed by atoms with E-state index >= 15 is 0 Å². The molecule has 0 aliphatic heterocycles. The molecule has 25 heavy (non-hydrogen) atoms. The largest absolute Gasteiger partial charge is 0.493 e. The van der Waals surface area contributed by atoms with Crippen LogP contribution in [0.3, 0.4) is 0 Å². The number of carbonyl (C=O) groups excluding carboxylic acids is 1. The summed E-state index contributed by atoms with van der Waals surface area (Å²) < 4.78 is 12.6. The van der Waals surface area contributed by atoms with Crippen LogP contribution in [0.1, 0.15) is 11.1 Å². The molecule has 0 bridgehead atoms. The predicted molar refractivity (Wildman–Crippen MR) is 98.0 cm³/mol. The van der Waals surface area contributed by atoms with Crippen LogP contribution in [0.15, 0.2) is 48.7 Å². The average Bonchev–Trinajstić information content (AvgIpc) is 2.95. The average molecular weight is 338 g/mol. The topological polar surface area (TPSA) is 52.5 Å². The van der Waals surface area contributed by atoms with Crippen LogP contribution in [-0.2, 0) is 24.8 Å². The van der Waals surface area contributed by atoms with Crippen LogP contribution in [0.2, 0.25) is 0 Å². The molecule has 1 aromatic heterocycles. The number of nitrogens with zero attached hydrogens (tertiary/aromatic N) is 1. The fourth-order valence-electron chi connectivity index (χ4n) is 2.99. The maximum Gasteiger partial charge on any atom is 0.224 e. The van der Waals surface area contributed by atoms with Gasteiger partial charge < -0.3 is 19.4 Å². The number of amides is 1. The minimum atomic E-state index is -0.00821. The van der Waals surface area contributed by atoms with Crippen LogP contribution in [-0.4, -0.2) is 24.7 Å². The van der Waals surface area contributed by atoms with Gasteiger partial charge in [-0.1, -0.05) is 24.3 Å². The van der Waals surface area contributed by atoms with Crippen LogP contribution >= 0.6 is 0 Å². The van der Waals surface area contributed by atoms with E-state index in [0.29, 0.717) is 24.5 Å². The fourth-order valence-corrected chi connectivity index (χ4v) is 2.99. The molecule has 0 atom stereocenters. The van der Waals surface area contributed by atoms with Gasteiger partial charge in [0.1, 0.15) is 0 Å². The van der Waals surface area contributed by atoms with E-state index in [2.05, 4.69) is 11.4 Å². The van der Waals surface area contributed by atoms with Gasteiger partial charge in [0, 0.05) is 30.7 Å². The molecule has 0 spiro atoms. The second kappa shape index (κ2) is 7.30. The summed E-state index contributed by atoms with van der Waals surface area (Å²) in [5.74, 6) is 1.32. The van der Waals surface area contributed by atoms with Gasteiger partial charge >= 0.3 is 0 Å². The summed E-state index contributed by atoms with van der Waals surface area (Å²) >= 11 is 0. The lowest BCUT2D eigenvalue weighted by Crippen LogP contribution is -2.24. The number of rotatable bonds is 6.